The number of nitrogens with one attached hydrogen (secondary N) is 1. The smallest absolute Gasteiger partial charge is 0.352 e. The Kier molecular flexibility index (Phi) is 6.64. The lowest BCUT2D eigenvalue weighted by atomic mass is 9.76. The Morgan fingerprint density at radius 1 is 1.11 bits per heavy atom. The molecule has 1 aromatic carbocycles. The van der Waals surface area contributed by atoms with Crippen LogP contribution >= 0.6 is 0 Å². The number of hydrogen-bond acceptors (Lipinski definition) is 5. The van der Waals surface area contributed by atoms with Gasteiger partial charge in [-0.15, -0.1) is 0 Å². The quantitative estimate of drug-likeness (QED) is 0.541. The number of aromatic nitrogens is 1. The molecule has 2 saturated heterocycles. The summed E-state index contributed by atoms with van der Waals surface area (Å²) in [4.78, 5) is 17.5. The van der Waals surface area contributed by atoms with Crippen molar-refractivity contribution in [3.63, 3.8) is 0 Å². The second-order valence-corrected chi connectivity index (χ2v) is 9.81. The van der Waals surface area contributed by atoms with Gasteiger partial charge in [-0.3, -0.25) is 9.78 Å². The number of anilines is 1. The Labute approximate surface area is 205 Å². The fourth-order valence-corrected chi connectivity index (χ4v) is 4.77. The SMILES string of the molecule is Cc1c([C@@H]2[C@@H](C(=O)Nc3ccc([C@@H]4COC(C)(C)O4)nc3)O[C@@](C)(C(F)(F)F)[C@H]2C)ccc(F)c1F. The van der Waals surface area contributed by atoms with E-state index in [1.807, 2.05) is 0 Å². The van der Waals surface area contributed by atoms with Gasteiger partial charge in [-0.05, 0) is 57.0 Å². The van der Waals surface area contributed by atoms with Gasteiger partial charge < -0.3 is 19.5 Å². The number of halogens is 5. The standard InChI is InChI=1S/C25H27F5N2O4/c1-12-15(7-8-16(26)20(12)27)19-13(2)24(5,25(28,29)30)36-21(19)22(33)32-14-6-9-17(31-10-14)18-11-34-23(3,4)35-18/h6-10,13,18-19,21H,11H2,1-5H3,(H,32,33)/t13-,18-,19+,21-,24+/m0/s1. The Morgan fingerprint density at radius 2 is 1.81 bits per heavy atom. The summed E-state index contributed by atoms with van der Waals surface area (Å²) in [5.41, 5.74) is -2.01. The number of benzene rings is 1. The average molecular weight is 514 g/mol. The molecule has 0 radical (unpaired) electrons. The maximum absolute atomic E-state index is 14.3. The van der Waals surface area contributed by atoms with Crippen molar-refractivity contribution in [2.24, 2.45) is 5.92 Å². The van der Waals surface area contributed by atoms with E-state index in [1.54, 1.807) is 19.9 Å². The van der Waals surface area contributed by atoms with Crippen LogP contribution in [0.15, 0.2) is 30.5 Å². The molecule has 5 atom stereocenters. The van der Waals surface area contributed by atoms with E-state index in [2.05, 4.69) is 10.3 Å². The number of carbonyl (C=O) groups excluding carboxylic acids is 1. The van der Waals surface area contributed by atoms with Crippen molar-refractivity contribution >= 4 is 11.6 Å². The maximum Gasteiger partial charge on any atom is 0.417 e. The van der Waals surface area contributed by atoms with Crippen molar-refractivity contribution in [2.75, 3.05) is 11.9 Å². The molecule has 3 heterocycles. The minimum Gasteiger partial charge on any atom is -0.352 e. The van der Waals surface area contributed by atoms with E-state index in [1.165, 1.54) is 32.2 Å². The third-order valence-corrected chi connectivity index (χ3v) is 7.06. The Hall–Kier alpha value is -2.63. The molecule has 2 fully saturated rings. The summed E-state index contributed by atoms with van der Waals surface area (Å²) < 4.78 is 86.7. The summed E-state index contributed by atoms with van der Waals surface area (Å²) >= 11 is 0. The van der Waals surface area contributed by atoms with E-state index in [9.17, 15) is 26.7 Å². The monoisotopic (exact) mass is 514 g/mol. The van der Waals surface area contributed by atoms with Crippen LogP contribution in [0.25, 0.3) is 0 Å². The second kappa shape index (κ2) is 9.04. The summed E-state index contributed by atoms with van der Waals surface area (Å²) in [6.45, 7) is 7.23. The molecule has 36 heavy (non-hydrogen) atoms. The Balaban J connectivity index is 1.61. The average Bonchev–Trinajstić information content (AvgIpc) is 3.30. The Morgan fingerprint density at radius 3 is 2.36 bits per heavy atom. The van der Waals surface area contributed by atoms with Crippen LogP contribution in [0.3, 0.4) is 0 Å². The van der Waals surface area contributed by atoms with Crippen LogP contribution in [0, 0.1) is 24.5 Å². The van der Waals surface area contributed by atoms with E-state index in [-0.39, 0.29) is 16.8 Å². The molecule has 196 valence electrons. The number of nitrogens with zero attached hydrogens (tertiary/aromatic N) is 1. The van der Waals surface area contributed by atoms with Crippen molar-refractivity contribution in [1.29, 1.82) is 0 Å². The predicted molar refractivity (Wildman–Crippen MR) is 119 cm³/mol. The highest BCUT2D eigenvalue weighted by molar-refractivity contribution is 5.95. The number of pyridine rings is 1. The molecule has 1 amide bonds. The first-order chi connectivity index (χ1) is 16.6. The van der Waals surface area contributed by atoms with Crippen LogP contribution in [0.5, 0.6) is 0 Å². The summed E-state index contributed by atoms with van der Waals surface area (Å²) in [7, 11) is 0. The van der Waals surface area contributed by atoms with Gasteiger partial charge in [0.2, 0.25) is 0 Å². The summed E-state index contributed by atoms with van der Waals surface area (Å²) in [6.07, 6.45) is -5.49. The summed E-state index contributed by atoms with van der Waals surface area (Å²) in [5, 5.41) is 2.54. The van der Waals surface area contributed by atoms with Crippen molar-refractivity contribution in [2.45, 2.75) is 70.3 Å². The van der Waals surface area contributed by atoms with E-state index in [0.717, 1.165) is 13.0 Å². The van der Waals surface area contributed by atoms with Crippen LogP contribution in [0.1, 0.15) is 56.5 Å². The lowest BCUT2D eigenvalue weighted by Gasteiger charge is -2.32. The molecule has 0 bridgehead atoms. The summed E-state index contributed by atoms with van der Waals surface area (Å²) in [5.74, 6) is -6.40. The molecule has 2 aliphatic rings. The highest BCUT2D eigenvalue weighted by Gasteiger charge is 2.65. The van der Waals surface area contributed by atoms with Gasteiger partial charge in [-0.1, -0.05) is 13.0 Å². The molecular formula is C25H27F5N2O4. The fraction of sp³-hybridized carbons (Fsp3) is 0.520. The first kappa shape index (κ1) is 26.4. The molecule has 1 aromatic heterocycles. The number of rotatable bonds is 4. The number of alkyl halides is 3. The molecule has 1 N–H and O–H groups in total. The van der Waals surface area contributed by atoms with E-state index in [4.69, 9.17) is 14.2 Å². The largest absolute Gasteiger partial charge is 0.417 e. The van der Waals surface area contributed by atoms with Crippen LogP contribution in [0.2, 0.25) is 0 Å². The van der Waals surface area contributed by atoms with E-state index < -0.39 is 59.1 Å². The molecule has 0 aliphatic carbocycles. The topological polar surface area (TPSA) is 69.7 Å². The zero-order valence-electron chi connectivity index (χ0n) is 20.4. The highest BCUT2D eigenvalue weighted by atomic mass is 19.4. The van der Waals surface area contributed by atoms with Gasteiger partial charge in [0.1, 0.15) is 12.2 Å². The molecular weight excluding hydrogens is 487 g/mol. The zero-order valence-corrected chi connectivity index (χ0v) is 20.4. The van der Waals surface area contributed by atoms with Crippen LogP contribution < -0.4 is 5.32 Å². The van der Waals surface area contributed by atoms with Gasteiger partial charge in [0.15, 0.2) is 23.0 Å². The van der Waals surface area contributed by atoms with Gasteiger partial charge in [0.25, 0.3) is 5.91 Å². The van der Waals surface area contributed by atoms with Gasteiger partial charge in [-0.2, -0.15) is 13.2 Å². The predicted octanol–water partition coefficient (Wildman–Crippen LogP) is 5.57. The molecule has 0 saturated carbocycles. The van der Waals surface area contributed by atoms with E-state index >= 15 is 0 Å². The molecule has 4 rings (SSSR count). The fourth-order valence-electron chi connectivity index (χ4n) is 4.77. The van der Waals surface area contributed by atoms with Gasteiger partial charge >= 0.3 is 6.18 Å². The third kappa shape index (κ3) is 4.59. The first-order valence-corrected chi connectivity index (χ1v) is 11.4. The lowest BCUT2D eigenvalue weighted by molar-refractivity contribution is -0.272. The maximum atomic E-state index is 14.3. The second-order valence-electron chi connectivity index (χ2n) is 9.81. The molecule has 2 aromatic rings. The molecule has 6 nitrogen and oxygen atoms in total. The Bertz CT molecular complexity index is 1150. The summed E-state index contributed by atoms with van der Waals surface area (Å²) in [6, 6.07) is 5.18. The highest BCUT2D eigenvalue weighted by Crippen LogP contribution is 2.54. The normalized spacial score (nSPS) is 29.9. The molecule has 0 spiro atoms. The van der Waals surface area contributed by atoms with Crippen molar-refractivity contribution in [3.8, 4) is 0 Å². The van der Waals surface area contributed by atoms with Gasteiger partial charge in [0, 0.05) is 11.8 Å². The number of carbonyl (C=O) groups is 1. The number of hydrogen-bond donors (Lipinski definition) is 1. The van der Waals surface area contributed by atoms with Crippen LogP contribution in [-0.2, 0) is 19.0 Å². The van der Waals surface area contributed by atoms with Gasteiger partial charge in [-0.25, -0.2) is 8.78 Å². The molecule has 0 unspecified atom stereocenters. The lowest BCUT2D eigenvalue weighted by Crippen LogP contribution is -2.47. The van der Waals surface area contributed by atoms with E-state index in [0.29, 0.717) is 12.3 Å². The first-order valence-electron chi connectivity index (χ1n) is 11.4. The minimum atomic E-state index is -4.81. The molecule has 2 aliphatic heterocycles. The van der Waals surface area contributed by atoms with Crippen molar-refractivity contribution < 1.29 is 41.0 Å². The molecule has 11 heteroatoms. The van der Waals surface area contributed by atoms with Crippen LogP contribution in [-0.4, -0.2) is 41.2 Å². The zero-order chi connectivity index (χ0) is 26.6. The van der Waals surface area contributed by atoms with Gasteiger partial charge in [0.05, 0.1) is 24.2 Å². The third-order valence-electron chi connectivity index (χ3n) is 7.06. The van der Waals surface area contributed by atoms with Crippen molar-refractivity contribution in [3.05, 3.63) is 58.9 Å². The van der Waals surface area contributed by atoms with Crippen molar-refractivity contribution in [1.82, 2.24) is 4.98 Å². The number of amides is 1. The minimum absolute atomic E-state index is 0.0731. The van der Waals surface area contributed by atoms with Crippen LogP contribution in [0.4, 0.5) is 27.6 Å². The number of ether oxygens (including phenoxy) is 3.